The van der Waals surface area contributed by atoms with Crippen LogP contribution in [0.5, 0.6) is 0 Å². The van der Waals surface area contributed by atoms with Gasteiger partial charge in [0.2, 0.25) is 5.91 Å². The lowest BCUT2D eigenvalue weighted by Gasteiger charge is -2.10. The average Bonchev–Trinajstić information content (AvgIpc) is 2.83. The molecule has 0 spiro atoms. The summed E-state index contributed by atoms with van der Waals surface area (Å²) in [5.41, 5.74) is 7.75. The van der Waals surface area contributed by atoms with E-state index in [1.165, 1.54) is 0 Å². The third kappa shape index (κ3) is 2.54. The molecule has 18 heavy (non-hydrogen) atoms. The Kier molecular flexibility index (Phi) is 3.68. The van der Waals surface area contributed by atoms with Gasteiger partial charge in [0, 0.05) is 36.8 Å². The third-order valence-corrected chi connectivity index (χ3v) is 3.74. The van der Waals surface area contributed by atoms with E-state index in [1.54, 1.807) is 10.9 Å². The molecule has 1 aromatic rings. The van der Waals surface area contributed by atoms with Crippen LogP contribution in [0, 0.1) is 12.8 Å². The predicted molar refractivity (Wildman–Crippen MR) is 66.5 cm³/mol. The number of hydrogen-bond acceptors (Lipinski definition) is 4. The number of aliphatic hydroxyl groups is 1. The summed E-state index contributed by atoms with van der Waals surface area (Å²) in [5, 5.41) is 16.5. The normalized spacial score (nSPS) is 27.4. The van der Waals surface area contributed by atoms with Crippen LogP contribution in [0.3, 0.4) is 0 Å². The number of nitrogens with one attached hydrogen (secondary N) is 1. The Morgan fingerprint density at radius 3 is 2.89 bits per heavy atom. The Hall–Kier alpha value is -1.40. The van der Waals surface area contributed by atoms with Gasteiger partial charge < -0.3 is 16.2 Å². The fraction of sp³-hybridized carbons (Fsp3) is 0.667. The van der Waals surface area contributed by atoms with Crippen molar-refractivity contribution in [2.75, 3.05) is 0 Å². The molecule has 0 radical (unpaired) electrons. The number of aryl methyl sites for hydroxylation is 1. The standard InChI is InChI=1S/C12H20N4O2/c1-7-9(6-15-16(7)2)5-14-12(18)8-3-10(13)11(17)4-8/h6,8,10-11,17H,3-5,13H2,1-2H3,(H,14,18)/t8-,10+,11+/m0/s1. The number of nitrogens with zero attached hydrogens (tertiary/aromatic N) is 2. The van der Waals surface area contributed by atoms with E-state index in [4.69, 9.17) is 5.73 Å². The molecule has 1 aliphatic rings. The Balaban J connectivity index is 1.87. The van der Waals surface area contributed by atoms with Crippen molar-refractivity contribution in [2.24, 2.45) is 18.7 Å². The highest BCUT2D eigenvalue weighted by Crippen LogP contribution is 2.24. The lowest BCUT2D eigenvalue weighted by atomic mass is 10.1. The zero-order valence-electron chi connectivity index (χ0n) is 10.8. The quantitative estimate of drug-likeness (QED) is 0.672. The number of carbonyl (C=O) groups excluding carboxylic acids is 1. The lowest BCUT2D eigenvalue weighted by Crippen LogP contribution is -2.30. The molecule has 100 valence electrons. The number of rotatable bonds is 3. The van der Waals surface area contributed by atoms with E-state index >= 15 is 0 Å². The minimum Gasteiger partial charge on any atom is -0.391 e. The molecule has 0 unspecified atom stereocenters. The second-order valence-corrected chi connectivity index (χ2v) is 5.00. The molecule has 1 saturated carbocycles. The van der Waals surface area contributed by atoms with E-state index in [-0.39, 0.29) is 17.9 Å². The Morgan fingerprint density at radius 2 is 2.39 bits per heavy atom. The zero-order valence-corrected chi connectivity index (χ0v) is 10.8. The van der Waals surface area contributed by atoms with Crippen molar-refractivity contribution in [3.05, 3.63) is 17.5 Å². The third-order valence-electron chi connectivity index (χ3n) is 3.74. The minimum atomic E-state index is -0.555. The van der Waals surface area contributed by atoms with Crippen LogP contribution in [0.4, 0.5) is 0 Å². The highest BCUT2D eigenvalue weighted by atomic mass is 16.3. The van der Waals surface area contributed by atoms with Gasteiger partial charge in [-0.25, -0.2) is 0 Å². The molecule has 3 atom stereocenters. The summed E-state index contributed by atoms with van der Waals surface area (Å²) in [6, 6.07) is -0.277. The molecular formula is C12H20N4O2. The average molecular weight is 252 g/mol. The van der Waals surface area contributed by atoms with Crippen molar-refractivity contribution in [3.8, 4) is 0 Å². The van der Waals surface area contributed by atoms with Crippen molar-refractivity contribution in [1.29, 1.82) is 0 Å². The largest absolute Gasteiger partial charge is 0.391 e. The first-order chi connectivity index (χ1) is 8.49. The van der Waals surface area contributed by atoms with Crippen molar-refractivity contribution in [1.82, 2.24) is 15.1 Å². The second-order valence-electron chi connectivity index (χ2n) is 5.00. The van der Waals surface area contributed by atoms with Crippen molar-refractivity contribution < 1.29 is 9.90 Å². The molecule has 4 N–H and O–H groups in total. The molecule has 2 rings (SSSR count). The Bertz CT molecular complexity index is 433. The van der Waals surface area contributed by atoms with E-state index in [1.807, 2.05) is 14.0 Å². The summed E-state index contributed by atoms with van der Waals surface area (Å²) >= 11 is 0. The summed E-state index contributed by atoms with van der Waals surface area (Å²) in [7, 11) is 1.87. The van der Waals surface area contributed by atoms with Gasteiger partial charge in [-0.05, 0) is 19.8 Å². The molecule has 1 aliphatic carbocycles. The summed E-state index contributed by atoms with van der Waals surface area (Å²) in [5.74, 6) is -0.211. The number of nitrogens with two attached hydrogens (primary N) is 1. The van der Waals surface area contributed by atoms with E-state index in [9.17, 15) is 9.90 Å². The van der Waals surface area contributed by atoms with Gasteiger partial charge in [-0.2, -0.15) is 5.10 Å². The van der Waals surface area contributed by atoms with Crippen LogP contribution in [0.25, 0.3) is 0 Å². The van der Waals surface area contributed by atoms with E-state index in [2.05, 4.69) is 10.4 Å². The number of hydrogen-bond donors (Lipinski definition) is 3. The van der Waals surface area contributed by atoms with Crippen molar-refractivity contribution in [2.45, 2.75) is 38.5 Å². The maximum Gasteiger partial charge on any atom is 0.223 e. The van der Waals surface area contributed by atoms with Gasteiger partial charge in [-0.15, -0.1) is 0 Å². The molecule has 0 aliphatic heterocycles. The Morgan fingerprint density at radius 1 is 1.67 bits per heavy atom. The second kappa shape index (κ2) is 5.07. The van der Waals surface area contributed by atoms with Crippen LogP contribution in [0.2, 0.25) is 0 Å². The van der Waals surface area contributed by atoms with Crippen LogP contribution in [-0.2, 0) is 18.4 Å². The van der Waals surface area contributed by atoms with E-state index in [0.29, 0.717) is 19.4 Å². The van der Waals surface area contributed by atoms with Gasteiger partial charge >= 0.3 is 0 Å². The van der Waals surface area contributed by atoms with Gasteiger partial charge in [0.15, 0.2) is 0 Å². The Labute approximate surface area is 106 Å². The van der Waals surface area contributed by atoms with Gasteiger partial charge in [0.25, 0.3) is 0 Å². The van der Waals surface area contributed by atoms with E-state index in [0.717, 1.165) is 11.3 Å². The number of carbonyl (C=O) groups is 1. The summed E-state index contributed by atoms with van der Waals surface area (Å²) < 4.78 is 1.77. The van der Waals surface area contributed by atoms with Crippen LogP contribution in [0.1, 0.15) is 24.1 Å². The highest BCUT2D eigenvalue weighted by molar-refractivity contribution is 5.79. The maximum atomic E-state index is 11.9. The number of aliphatic hydroxyl groups excluding tert-OH is 1. The molecule has 0 saturated heterocycles. The smallest absolute Gasteiger partial charge is 0.223 e. The molecule has 6 heteroatoms. The van der Waals surface area contributed by atoms with Gasteiger partial charge in [0.05, 0.1) is 12.3 Å². The summed E-state index contributed by atoms with van der Waals surface area (Å²) in [6.07, 6.45) is 2.21. The van der Waals surface area contributed by atoms with Gasteiger partial charge in [0.1, 0.15) is 0 Å². The molecular weight excluding hydrogens is 232 g/mol. The van der Waals surface area contributed by atoms with Crippen LogP contribution in [-0.4, -0.2) is 32.9 Å². The van der Waals surface area contributed by atoms with Gasteiger partial charge in [-0.1, -0.05) is 0 Å². The number of aromatic nitrogens is 2. The minimum absolute atomic E-state index is 0.0368. The maximum absolute atomic E-state index is 11.9. The van der Waals surface area contributed by atoms with Crippen LogP contribution >= 0.6 is 0 Å². The predicted octanol–water partition coefficient (Wildman–Crippen LogP) is -0.557. The lowest BCUT2D eigenvalue weighted by molar-refractivity contribution is -0.125. The zero-order chi connectivity index (χ0) is 13.3. The molecule has 1 aromatic heterocycles. The molecule has 1 heterocycles. The van der Waals surface area contributed by atoms with Crippen LogP contribution < -0.4 is 11.1 Å². The summed E-state index contributed by atoms with van der Waals surface area (Å²) in [4.78, 5) is 11.9. The first-order valence-electron chi connectivity index (χ1n) is 6.18. The molecule has 0 bridgehead atoms. The SMILES string of the molecule is Cc1c(CNC(=O)[C@H]2C[C@@H](N)[C@H](O)C2)cnn1C. The highest BCUT2D eigenvalue weighted by Gasteiger charge is 2.34. The summed E-state index contributed by atoms with van der Waals surface area (Å²) in [6.45, 7) is 2.43. The van der Waals surface area contributed by atoms with Crippen LogP contribution in [0.15, 0.2) is 6.20 Å². The first kappa shape index (κ1) is 13.0. The number of amides is 1. The van der Waals surface area contributed by atoms with Gasteiger partial charge in [-0.3, -0.25) is 9.48 Å². The van der Waals surface area contributed by atoms with Crippen molar-refractivity contribution >= 4 is 5.91 Å². The molecule has 6 nitrogen and oxygen atoms in total. The fourth-order valence-corrected chi connectivity index (χ4v) is 2.31. The molecule has 1 amide bonds. The fourth-order valence-electron chi connectivity index (χ4n) is 2.31. The van der Waals surface area contributed by atoms with E-state index < -0.39 is 6.10 Å². The topological polar surface area (TPSA) is 93.2 Å². The monoisotopic (exact) mass is 252 g/mol. The van der Waals surface area contributed by atoms with Crippen molar-refractivity contribution in [3.63, 3.8) is 0 Å². The molecule has 1 fully saturated rings. The first-order valence-corrected chi connectivity index (χ1v) is 6.18. The molecule has 0 aromatic carbocycles.